The minimum atomic E-state index is 0.549. The van der Waals surface area contributed by atoms with Gasteiger partial charge in [0.1, 0.15) is 5.15 Å². The van der Waals surface area contributed by atoms with E-state index < -0.39 is 0 Å². The first-order chi connectivity index (χ1) is 11.2. The van der Waals surface area contributed by atoms with Crippen LogP contribution in [0.2, 0.25) is 5.15 Å². The molecule has 3 rings (SSSR count). The monoisotopic (exact) mass is 345 g/mol. The molecule has 2 aromatic heterocycles. The summed E-state index contributed by atoms with van der Waals surface area (Å²) in [5, 5.41) is 6.14. The van der Waals surface area contributed by atoms with Gasteiger partial charge in [-0.05, 0) is 41.9 Å². The van der Waals surface area contributed by atoms with Crippen molar-refractivity contribution in [1.29, 1.82) is 0 Å². The Morgan fingerprint density at radius 2 is 2.13 bits per heavy atom. The van der Waals surface area contributed by atoms with Crippen molar-refractivity contribution in [3.05, 3.63) is 44.8 Å². The molecule has 0 fully saturated rings. The van der Waals surface area contributed by atoms with Crippen molar-refractivity contribution in [2.75, 3.05) is 5.32 Å². The quantitative estimate of drug-likeness (QED) is 0.587. The summed E-state index contributed by atoms with van der Waals surface area (Å²) in [6.45, 7) is 9.16. The summed E-state index contributed by atoms with van der Waals surface area (Å²) >= 11 is 7.95. The Labute approximate surface area is 149 Å². The molecule has 0 saturated carbocycles. The Morgan fingerprint density at radius 1 is 1.35 bits per heavy atom. The van der Waals surface area contributed by atoms with Crippen LogP contribution in [0.1, 0.15) is 51.1 Å². The second-order valence-electron chi connectivity index (χ2n) is 5.23. The third-order valence-corrected chi connectivity index (χ3v) is 4.81. The molecule has 5 heteroatoms. The summed E-state index contributed by atoms with van der Waals surface area (Å²) in [5.41, 5.74) is 5.91. The number of thiophene rings is 1. The van der Waals surface area contributed by atoms with E-state index in [2.05, 4.69) is 48.9 Å². The molecule has 0 unspecified atom stereocenters. The van der Waals surface area contributed by atoms with Crippen LogP contribution in [0.25, 0.3) is 5.57 Å². The predicted molar refractivity (Wildman–Crippen MR) is 105 cm³/mol. The normalized spacial score (nSPS) is 12.4. The first-order valence-corrected chi connectivity index (χ1v) is 9.46. The number of hydrogen-bond acceptors (Lipinski definition) is 3. The van der Waals surface area contributed by atoms with Gasteiger partial charge < -0.3 is 5.32 Å². The number of fused-ring (bicyclic) bond motifs is 1. The van der Waals surface area contributed by atoms with Crippen molar-refractivity contribution in [3.63, 3.8) is 0 Å². The standard InChI is InChI=1S/C16H17BClN2S.C2H6/c1-3-5-12-10(2)16-15(17-12)13(8-14(18)20-16)19-9-11-6-4-7-21-11;1-2/h4,6-8H,3,5,9H2,1-2H3,(H,19,20);1-2H3. The van der Waals surface area contributed by atoms with Gasteiger partial charge in [-0.2, -0.15) is 0 Å². The summed E-state index contributed by atoms with van der Waals surface area (Å²) in [4.78, 5) is 5.82. The fraction of sp³-hybridized carbons (Fsp3) is 0.389. The molecule has 2 nitrogen and oxygen atoms in total. The fourth-order valence-corrected chi connectivity index (χ4v) is 3.50. The lowest BCUT2D eigenvalue weighted by Gasteiger charge is -2.12. The van der Waals surface area contributed by atoms with Crippen LogP contribution in [0, 0.1) is 0 Å². The molecule has 0 spiro atoms. The van der Waals surface area contributed by atoms with E-state index in [1.54, 1.807) is 11.3 Å². The van der Waals surface area contributed by atoms with E-state index in [0.717, 1.165) is 30.8 Å². The SMILES string of the molecule is CC.CCCC1=C(C)c2nc(Cl)cc(NCc3cccs3)c2[B]1. The van der Waals surface area contributed by atoms with Gasteiger partial charge in [-0.1, -0.05) is 50.3 Å². The summed E-state index contributed by atoms with van der Waals surface area (Å²) < 4.78 is 0. The van der Waals surface area contributed by atoms with Crippen LogP contribution in [-0.4, -0.2) is 12.3 Å². The van der Waals surface area contributed by atoms with Crippen molar-refractivity contribution in [1.82, 2.24) is 4.98 Å². The van der Waals surface area contributed by atoms with E-state index in [1.807, 2.05) is 19.9 Å². The number of pyridine rings is 1. The van der Waals surface area contributed by atoms with Gasteiger partial charge in [-0.25, -0.2) is 4.98 Å². The number of aromatic nitrogens is 1. The second kappa shape index (κ2) is 8.56. The molecule has 0 bridgehead atoms. The maximum atomic E-state index is 6.19. The van der Waals surface area contributed by atoms with E-state index in [9.17, 15) is 0 Å². The van der Waals surface area contributed by atoms with Crippen LogP contribution in [0.15, 0.2) is 29.1 Å². The van der Waals surface area contributed by atoms with Crippen molar-refractivity contribution in [3.8, 4) is 0 Å². The molecule has 2 aromatic rings. The molecule has 1 radical (unpaired) electrons. The molecule has 0 aliphatic carbocycles. The van der Waals surface area contributed by atoms with E-state index in [1.165, 1.54) is 21.4 Å². The van der Waals surface area contributed by atoms with Crippen molar-refractivity contribution < 1.29 is 0 Å². The molecule has 0 saturated heterocycles. The Bertz CT molecular complexity index is 681. The highest BCUT2D eigenvalue weighted by molar-refractivity contribution is 7.09. The molecule has 1 aliphatic rings. The summed E-state index contributed by atoms with van der Waals surface area (Å²) in [5.74, 6) is 0. The number of hydrogen-bond donors (Lipinski definition) is 1. The lowest BCUT2D eigenvalue weighted by molar-refractivity contribution is 0.945. The van der Waals surface area contributed by atoms with Gasteiger partial charge in [0.05, 0.1) is 5.69 Å². The van der Waals surface area contributed by atoms with Crippen molar-refractivity contribution >= 4 is 46.9 Å². The molecule has 3 heterocycles. The van der Waals surface area contributed by atoms with Crippen molar-refractivity contribution in [2.24, 2.45) is 0 Å². The average Bonchev–Trinajstić information content (AvgIpc) is 3.18. The number of halogens is 1. The molecule has 1 aliphatic heterocycles. The van der Waals surface area contributed by atoms with E-state index in [4.69, 9.17) is 11.6 Å². The van der Waals surface area contributed by atoms with Gasteiger partial charge in [0.15, 0.2) is 7.28 Å². The Morgan fingerprint density at radius 3 is 2.78 bits per heavy atom. The van der Waals surface area contributed by atoms with E-state index >= 15 is 0 Å². The zero-order chi connectivity index (χ0) is 16.8. The van der Waals surface area contributed by atoms with Crippen LogP contribution >= 0.6 is 22.9 Å². The third-order valence-electron chi connectivity index (χ3n) is 3.74. The third kappa shape index (κ3) is 4.18. The molecule has 0 aromatic carbocycles. The summed E-state index contributed by atoms with van der Waals surface area (Å²) in [6.07, 6.45) is 2.23. The molecule has 1 N–H and O–H groups in total. The number of nitrogens with zero attached hydrogens (tertiary/aromatic N) is 1. The number of nitrogens with one attached hydrogen (secondary N) is 1. The molecule has 0 atom stereocenters. The van der Waals surface area contributed by atoms with Gasteiger partial charge in [-0.3, -0.25) is 0 Å². The first kappa shape index (κ1) is 18.1. The van der Waals surface area contributed by atoms with Crippen LogP contribution < -0.4 is 10.8 Å². The molecule has 23 heavy (non-hydrogen) atoms. The first-order valence-electron chi connectivity index (χ1n) is 8.20. The second-order valence-corrected chi connectivity index (χ2v) is 6.65. The smallest absolute Gasteiger partial charge is 0.192 e. The number of rotatable bonds is 5. The van der Waals surface area contributed by atoms with Crippen LogP contribution in [-0.2, 0) is 6.54 Å². The zero-order valence-corrected chi connectivity index (χ0v) is 15.8. The minimum absolute atomic E-state index is 0.549. The minimum Gasteiger partial charge on any atom is -0.380 e. The topological polar surface area (TPSA) is 24.9 Å². The Balaban J connectivity index is 0.000000924. The molecular formula is C18H23BClN2S. The highest BCUT2D eigenvalue weighted by Crippen LogP contribution is 2.28. The van der Waals surface area contributed by atoms with Crippen LogP contribution in [0.3, 0.4) is 0 Å². The molecule has 121 valence electrons. The van der Waals surface area contributed by atoms with Crippen LogP contribution in [0.5, 0.6) is 0 Å². The lowest BCUT2D eigenvalue weighted by atomic mass is 9.65. The number of anilines is 1. The molecule has 0 amide bonds. The fourth-order valence-electron chi connectivity index (χ4n) is 2.66. The van der Waals surface area contributed by atoms with E-state index in [0.29, 0.717) is 5.15 Å². The van der Waals surface area contributed by atoms with E-state index in [-0.39, 0.29) is 0 Å². The Hall–Kier alpha value is -1.26. The number of allylic oxidation sites excluding steroid dienone is 2. The average molecular weight is 346 g/mol. The molecular weight excluding hydrogens is 323 g/mol. The summed E-state index contributed by atoms with van der Waals surface area (Å²) in [6, 6.07) is 6.13. The largest absolute Gasteiger partial charge is 0.380 e. The maximum Gasteiger partial charge on any atom is 0.192 e. The van der Waals surface area contributed by atoms with Crippen molar-refractivity contribution in [2.45, 2.75) is 47.1 Å². The van der Waals surface area contributed by atoms with Gasteiger partial charge in [0.25, 0.3) is 0 Å². The summed E-state index contributed by atoms with van der Waals surface area (Å²) in [7, 11) is 2.26. The Kier molecular flexibility index (Phi) is 6.73. The predicted octanol–water partition coefficient (Wildman–Crippen LogP) is 5.31. The zero-order valence-electron chi connectivity index (χ0n) is 14.2. The van der Waals surface area contributed by atoms with Gasteiger partial charge in [0, 0.05) is 17.1 Å². The highest BCUT2D eigenvalue weighted by Gasteiger charge is 2.24. The highest BCUT2D eigenvalue weighted by atomic mass is 35.5. The maximum absolute atomic E-state index is 6.19. The van der Waals surface area contributed by atoms with Gasteiger partial charge >= 0.3 is 0 Å². The van der Waals surface area contributed by atoms with Gasteiger partial charge in [-0.15, -0.1) is 11.3 Å². The van der Waals surface area contributed by atoms with Crippen LogP contribution in [0.4, 0.5) is 5.69 Å². The lowest BCUT2D eigenvalue weighted by Crippen LogP contribution is -2.21. The van der Waals surface area contributed by atoms with Gasteiger partial charge in [0.2, 0.25) is 0 Å².